The number of halogens is 1. The number of carbonyl (C=O) groups is 2. The van der Waals surface area contributed by atoms with Crippen molar-refractivity contribution in [2.75, 3.05) is 12.0 Å². The highest BCUT2D eigenvalue weighted by atomic mass is 32.1. The van der Waals surface area contributed by atoms with Gasteiger partial charge in [0.1, 0.15) is 17.3 Å². The molecule has 1 unspecified atom stereocenters. The number of fused-ring (bicyclic) bond motifs is 1. The van der Waals surface area contributed by atoms with Gasteiger partial charge in [-0.2, -0.15) is 0 Å². The second-order valence-corrected chi connectivity index (χ2v) is 8.87. The molecule has 1 aromatic heterocycles. The second kappa shape index (κ2) is 8.86. The SMILES string of the molecule is COc1cccc(/C(O)=C2\C(=O)C(=O)N(c3nc4ccc(F)cc4s3)C2c2cccc([N+](=O)[O-])c2)c1. The highest BCUT2D eigenvalue weighted by Gasteiger charge is 2.48. The number of hydrogen-bond acceptors (Lipinski definition) is 8. The number of methoxy groups -OCH3 is 1. The predicted octanol–water partition coefficient (Wildman–Crippen LogP) is 4.98. The van der Waals surface area contributed by atoms with E-state index in [1.807, 2.05) is 0 Å². The maximum atomic E-state index is 13.8. The number of ether oxygens (including phenoxy) is 1. The fourth-order valence-corrected chi connectivity index (χ4v) is 5.09. The summed E-state index contributed by atoms with van der Waals surface area (Å²) in [5.74, 6) is -2.52. The average molecular weight is 505 g/mol. The molecular formula is C25H16FN3O6S. The van der Waals surface area contributed by atoms with E-state index in [4.69, 9.17) is 4.74 Å². The van der Waals surface area contributed by atoms with E-state index in [0.717, 1.165) is 16.2 Å². The first-order chi connectivity index (χ1) is 17.3. The lowest BCUT2D eigenvalue weighted by atomic mass is 9.95. The Morgan fingerprint density at radius 2 is 1.92 bits per heavy atom. The number of carbonyl (C=O) groups excluding carboxylic acids is 2. The van der Waals surface area contributed by atoms with Crippen molar-refractivity contribution in [2.24, 2.45) is 0 Å². The van der Waals surface area contributed by atoms with E-state index in [1.165, 1.54) is 61.7 Å². The number of benzene rings is 3. The molecule has 0 aliphatic carbocycles. The Hall–Kier alpha value is -4.64. The predicted molar refractivity (Wildman–Crippen MR) is 130 cm³/mol. The molecule has 0 spiro atoms. The minimum Gasteiger partial charge on any atom is -0.507 e. The summed E-state index contributed by atoms with van der Waals surface area (Å²) >= 11 is 0.983. The molecule has 2 heterocycles. The number of ketones is 1. The van der Waals surface area contributed by atoms with Crippen molar-refractivity contribution in [2.45, 2.75) is 6.04 Å². The van der Waals surface area contributed by atoms with Crippen LogP contribution < -0.4 is 9.64 Å². The molecule has 9 nitrogen and oxygen atoms in total. The standard InChI is InChI=1S/C25H16FN3O6S/c1-35-17-7-3-5-14(11-17)22(30)20-21(13-4-2-6-16(10-13)29(33)34)28(24(32)23(20)31)25-27-18-9-8-15(26)12-19(18)36-25/h2-12,21,30H,1H3/b22-20+. The summed E-state index contributed by atoms with van der Waals surface area (Å²) in [4.78, 5) is 42.9. The molecule has 180 valence electrons. The van der Waals surface area contributed by atoms with Crippen LogP contribution in [0.5, 0.6) is 5.75 Å². The molecule has 0 radical (unpaired) electrons. The molecule has 1 aliphatic heterocycles. The van der Waals surface area contributed by atoms with Crippen LogP contribution >= 0.6 is 11.3 Å². The Labute approximate surface area is 206 Å². The molecule has 1 saturated heterocycles. The molecule has 36 heavy (non-hydrogen) atoms. The summed E-state index contributed by atoms with van der Waals surface area (Å²) in [5.41, 5.74) is 0.321. The molecule has 0 bridgehead atoms. The summed E-state index contributed by atoms with van der Waals surface area (Å²) in [6, 6.07) is 14.4. The van der Waals surface area contributed by atoms with Gasteiger partial charge in [-0.25, -0.2) is 9.37 Å². The molecule has 1 aliphatic rings. The minimum absolute atomic E-state index is 0.0823. The van der Waals surface area contributed by atoms with Gasteiger partial charge < -0.3 is 9.84 Å². The number of rotatable bonds is 5. The van der Waals surface area contributed by atoms with E-state index in [9.17, 15) is 29.2 Å². The number of hydrogen-bond donors (Lipinski definition) is 1. The zero-order chi connectivity index (χ0) is 25.6. The lowest BCUT2D eigenvalue weighted by Crippen LogP contribution is -2.29. The Bertz CT molecular complexity index is 1600. The van der Waals surface area contributed by atoms with Gasteiger partial charge in [-0.15, -0.1) is 0 Å². The van der Waals surface area contributed by atoms with Crippen LogP contribution in [0.4, 0.5) is 15.2 Å². The van der Waals surface area contributed by atoms with Gasteiger partial charge in [0.05, 0.1) is 33.9 Å². The molecule has 4 aromatic rings. The summed E-state index contributed by atoms with van der Waals surface area (Å²) in [5, 5.41) is 22.7. The Kier molecular flexibility index (Phi) is 5.69. The third kappa shape index (κ3) is 3.85. The third-order valence-corrected chi connectivity index (χ3v) is 6.75. The van der Waals surface area contributed by atoms with Gasteiger partial charge in [0.2, 0.25) is 0 Å². The highest BCUT2D eigenvalue weighted by Crippen LogP contribution is 2.45. The van der Waals surface area contributed by atoms with Crippen LogP contribution in [0.3, 0.4) is 0 Å². The van der Waals surface area contributed by atoms with Crippen LogP contribution in [-0.2, 0) is 9.59 Å². The first-order valence-corrected chi connectivity index (χ1v) is 11.4. The van der Waals surface area contributed by atoms with Crippen molar-refractivity contribution >= 4 is 49.8 Å². The van der Waals surface area contributed by atoms with Crippen molar-refractivity contribution in [3.8, 4) is 5.75 Å². The maximum absolute atomic E-state index is 13.8. The van der Waals surface area contributed by atoms with E-state index >= 15 is 0 Å². The number of amides is 1. The van der Waals surface area contributed by atoms with Crippen LogP contribution in [0, 0.1) is 15.9 Å². The fourth-order valence-electron chi connectivity index (χ4n) is 4.07. The van der Waals surface area contributed by atoms with Gasteiger partial charge in [-0.05, 0) is 35.9 Å². The average Bonchev–Trinajstić information content (AvgIpc) is 3.41. The van der Waals surface area contributed by atoms with Gasteiger partial charge >= 0.3 is 5.91 Å². The third-order valence-electron chi connectivity index (χ3n) is 5.73. The van der Waals surface area contributed by atoms with Crippen LogP contribution in [0.25, 0.3) is 16.0 Å². The normalized spacial score (nSPS) is 17.1. The lowest BCUT2D eigenvalue weighted by molar-refractivity contribution is -0.384. The molecule has 5 rings (SSSR count). The highest BCUT2D eigenvalue weighted by molar-refractivity contribution is 7.22. The molecule has 0 saturated carbocycles. The largest absolute Gasteiger partial charge is 0.507 e. The molecule has 1 amide bonds. The Morgan fingerprint density at radius 1 is 1.14 bits per heavy atom. The minimum atomic E-state index is -1.22. The van der Waals surface area contributed by atoms with Gasteiger partial charge in [-0.1, -0.05) is 35.6 Å². The lowest BCUT2D eigenvalue weighted by Gasteiger charge is -2.22. The zero-order valence-corrected chi connectivity index (χ0v) is 19.4. The van der Waals surface area contributed by atoms with Crippen molar-refractivity contribution in [3.05, 3.63) is 99.4 Å². The van der Waals surface area contributed by atoms with Gasteiger partial charge in [0.15, 0.2) is 5.13 Å². The maximum Gasteiger partial charge on any atom is 0.301 e. The number of aliphatic hydroxyl groups excluding tert-OH is 1. The zero-order valence-electron chi connectivity index (χ0n) is 18.5. The van der Waals surface area contributed by atoms with Gasteiger partial charge in [0, 0.05) is 17.7 Å². The number of nitro benzene ring substituents is 1. The molecule has 11 heteroatoms. The number of nitrogens with zero attached hydrogens (tertiary/aromatic N) is 3. The van der Waals surface area contributed by atoms with Crippen LogP contribution in [0.2, 0.25) is 0 Å². The Morgan fingerprint density at radius 3 is 2.67 bits per heavy atom. The summed E-state index contributed by atoms with van der Waals surface area (Å²) in [6.07, 6.45) is 0. The van der Waals surface area contributed by atoms with E-state index in [-0.39, 0.29) is 27.5 Å². The van der Waals surface area contributed by atoms with E-state index in [1.54, 1.807) is 12.1 Å². The van der Waals surface area contributed by atoms with Gasteiger partial charge in [-0.3, -0.25) is 24.6 Å². The molecule has 1 atom stereocenters. The number of aliphatic hydroxyl groups is 1. The number of thiazole rings is 1. The number of Topliss-reactive ketones (excluding diaryl/α,β-unsaturated/α-hetero) is 1. The number of nitro groups is 1. The van der Waals surface area contributed by atoms with Crippen molar-refractivity contribution < 1.29 is 28.7 Å². The van der Waals surface area contributed by atoms with Crippen LogP contribution in [0.1, 0.15) is 17.2 Å². The number of non-ortho nitro benzene ring substituents is 1. The van der Waals surface area contributed by atoms with Crippen LogP contribution in [0.15, 0.2) is 72.3 Å². The number of aromatic nitrogens is 1. The van der Waals surface area contributed by atoms with Crippen molar-refractivity contribution in [1.29, 1.82) is 0 Å². The molecule has 1 N–H and O–H groups in total. The van der Waals surface area contributed by atoms with Crippen LogP contribution in [-0.4, -0.2) is 33.8 Å². The van der Waals surface area contributed by atoms with E-state index < -0.39 is 34.2 Å². The summed E-state index contributed by atoms with van der Waals surface area (Å²) < 4.78 is 19.4. The molecular weight excluding hydrogens is 489 g/mol. The fraction of sp³-hybridized carbons (Fsp3) is 0.0800. The summed E-state index contributed by atoms with van der Waals surface area (Å²) in [7, 11) is 1.44. The number of anilines is 1. The Balaban J connectivity index is 1.75. The van der Waals surface area contributed by atoms with Crippen molar-refractivity contribution in [3.63, 3.8) is 0 Å². The topological polar surface area (TPSA) is 123 Å². The second-order valence-electron chi connectivity index (χ2n) is 7.86. The first kappa shape index (κ1) is 23.1. The van der Waals surface area contributed by atoms with Crippen molar-refractivity contribution in [1.82, 2.24) is 4.98 Å². The first-order valence-electron chi connectivity index (χ1n) is 10.5. The monoisotopic (exact) mass is 505 g/mol. The quantitative estimate of drug-likeness (QED) is 0.133. The molecule has 3 aromatic carbocycles. The molecule has 1 fully saturated rings. The van der Waals surface area contributed by atoms with Gasteiger partial charge in [0.25, 0.3) is 11.5 Å². The smallest absolute Gasteiger partial charge is 0.301 e. The summed E-state index contributed by atoms with van der Waals surface area (Å²) in [6.45, 7) is 0. The van der Waals surface area contributed by atoms with E-state index in [2.05, 4.69) is 4.98 Å². The van der Waals surface area contributed by atoms with E-state index in [0.29, 0.717) is 16.0 Å².